The van der Waals surface area contributed by atoms with E-state index in [0.717, 1.165) is 19.4 Å². The van der Waals surface area contributed by atoms with Gasteiger partial charge in [0.25, 0.3) is 0 Å². The zero-order valence-electron chi connectivity index (χ0n) is 19.8. The quantitative estimate of drug-likeness (QED) is 0.166. The van der Waals surface area contributed by atoms with Gasteiger partial charge in [-0.25, -0.2) is 0 Å². The first-order valence-electron chi connectivity index (χ1n) is 10.7. The number of allylic oxidation sites excluding steroid dienone is 1. The Kier molecular flexibility index (Phi) is 13.2. The zero-order valence-corrected chi connectivity index (χ0v) is 20.8. The second kappa shape index (κ2) is 13.5. The van der Waals surface area contributed by atoms with Crippen LogP contribution in [0.3, 0.4) is 0 Å². The summed E-state index contributed by atoms with van der Waals surface area (Å²) < 4.78 is 18.3. The number of unbranched alkanes of at least 4 members (excludes halogenated alkanes) is 3. The summed E-state index contributed by atoms with van der Waals surface area (Å²) >= 11 is 0. The van der Waals surface area contributed by atoms with Crippen LogP contribution in [0.5, 0.6) is 0 Å². The van der Waals surface area contributed by atoms with Gasteiger partial charge in [-0.15, -0.1) is 13.2 Å². The summed E-state index contributed by atoms with van der Waals surface area (Å²) in [5.41, 5.74) is 1.24. The van der Waals surface area contributed by atoms with Crippen LogP contribution >= 0.6 is 0 Å². The summed E-state index contributed by atoms with van der Waals surface area (Å²) in [4.78, 5) is 0. The third-order valence-corrected chi connectivity index (χ3v) is 10.1. The van der Waals surface area contributed by atoms with E-state index in [1.165, 1.54) is 18.4 Å². The molecule has 0 aliphatic carbocycles. The highest BCUT2D eigenvalue weighted by atomic mass is 28.4. The number of hydrogen-bond donors (Lipinski definition) is 0. The summed E-state index contributed by atoms with van der Waals surface area (Å²) in [6, 6.07) is 0. The molecule has 0 heterocycles. The van der Waals surface area contributed by atoms with E-state index < -0.39 is 8.32 Å². The maximum atomic E-state index is 6.74. The molecule has 0 saturated carbocycles. The van der Waals surface area contributed by atoms with Gasteiger partial charge in [0.2, 0.25) is 0 Å². The van der Waals surface area contributed by atoms with Gasteiger partial charge in [0.1, 0.15) is 6.10 Å². The second-order valence-electron chi connectivity index (χ2n) is 9.34. The molecule has 0 fully saturated rings. The molecule has 4 heteroatoms. The first kappa shape index (κ1) is 27.3. The molecular weight excluding hydrogens is 364 g/mol. The smallest absolute Gasteiger partial charge is 0.192 e. The van der Waals surface area contributed by atoms with Gasteiger partial charge in [-0.05, 0) is 44.3 Å². The second-order valence-corrected chi connectivity index (χ2v) is 14.1. The minimum Gasteiger partial charge on any atom is -0.410 e. The number of methoxy groups -OCH3 is 1. The molecule has 0 aromatic rings. The molecule has 164 valence electrons. The van der Waals surface area contributed by atoms with Gasteiger partial charge in [0, 0.05) is 19.6 Å². The van der Waals surface area contributed by atoms with Crippen molar-refractivity contribution in [3.05, 3.63) is 37.0 Å². The van der Waals surface area contributed by atoms with Crippen LogP contribution in [0, 0.1) is 5.92 Å². The van der Waals surface area contributed by atoms with Gasteiger partial charge < -0.3 is 13.9 Å². The monoisotopic (exact) mass is 410 g/mol. The van der Waals surface area contributed by atoms with Crippen molar-refractivity contribution in [3.63, 3.8) is 0 Å². The molecule has 0 aromatic carbocycles. The van der Waals surface area contributed by atoms with E-state index in [9.17, 15) is 0 Å². The number of rotatable bonds is 15. The lowest BCUT2D eigenvalue weighted by molar-refractivity contribution is 0.00582. The lowest BCUT2D eigenvalue weighted by Crippen LogP contribution is -2.49. The Morgan fingerprint density at radius 3 is 2.25 bits per heavy atom. The van der Waals surface area contributed by atoms with Crippen LogP contribution in [0.15, 0.2) is 37.0 Å². The molecule has 0 aliphatic rings. The Hall–Kier alpha value is -0.683. The predicted molar refractivity (Wildman–Crippen MR) is 125 cm³/mol. The number of ether oxygens (including phenoxy) is 2. The van der Waals surface area contributed by atoms with Crippen molar-refractivity contribution in [1.29, 1.82) is 0 Å². The fourth-order valence-electron chi connectivity index (χ4n) is 2.85. The maximum Gasteiger partial charge on any atom is 0.192 e. The van der Waals surface area contributed by atoms with Gasteiger partial charge in [-0.2, -0.15) is 0 Å². The predicted octanol–water partition coefficient (Wildman–Crippen LogP) is 6.92. The van der Waals surface area contributed by atoms with Gasteiger partial charge in [-0.1, -0.05) is 57.9 Å². The fourth-order valence-corrected chi connectivity index (χ4v) is 4.23. The van der Waals surface area contributed by atoms with E-state index in [1.54, 1.807) is 7.11 Å². The third-order valence-electron chi connectivity index (χ3n) is 5.66. The van der Waals surface area contributed by atoms with Gasteiger partial charge in [0.05, 0.1) is 12.7 Å². The van der Waals surface area contributed by atoms with Crippen LogP contribution in [0.25, 0.3) is 0 Å². The summed E-state index contributed by atoms with van der Waals surface area (Å²) in [6.07, 6.45) is 10.5. The van der Waals surface area contributed by atoms with Gasteiger partial charge >= 0.3 is 0 Å². The van der Waals surface area contributed by atoms with Crippen LogP contribution in [-0.4, -0.2) is 40.8 Å². The van der Waals surface area contributed by atoms with Crippen molar-refractivity contribution in [2.45, 2.75) is 90.6 Å². The van der Waals surface area contributed by atoms with Crippen LogP contribution < -0.4 is 0 Å². The summed E-state index contributed by atoms with van der Waals surface area (Å²) in [5, 5.41) is 0.151. The Labute approximate surface area is 176 Å². The van der Waals surface area contributed by atoms with E-state index in [4.69, 9.17) is 13.9 Å². The summed E-state index contributed by atoms with van der Waals surface area (Å²) in [6.45, 7) is 24.9. The first-order chi connectivity index (χ1) is 13.0. The Bertz CT molecular complexity index is 477. The molecule has 28 heavy (non-hydrogen) atoms. The van der Waals surface area contributed by atoms with Crippen molar-refractivity contribution in [2.75, 3.05) is 20.3 Å². The molecule has 0 unspecified atom stereocenters. The van der Waals surface area contributed by atoms with Crippen LogP contribution in [0.4, 0.5) is 0 Å². The molecular formula is C24H46O3Si. The van der Waals surface area contributed by atoms with Crippen molar-refractivity contribution >= 4 is 8.32 Å². The maximum absolute atomic E-state index is 6.74. The molecule has 0 N–H and O–H groups in total. The van der Waals surface area contributed by atoms with Gasteiger partial charge in [0.15, 0.2) is 8.32 Å². The molecule has 0 saturated heterocycles. The van der Waals surface area contributed by atoms with E-state index in [2.05, 4.69) is 66.9 Å². The molecule has 0 bridgehead atoms. The standard InChI is InChI=1S/C24H46O3Si/c1-11-13-14-15-16-17-26-19-20(3)18-21(4)23(22(12-2)25-8)27-28(9,10)24(5,6)7/h11-12,18,21-23H,1-2,13-17,19H2,3-10H3/b20-18-/t21-,22+,23+/m1/s1. The van der Waals surface area contributed by atoms with Crippen LogP contribution in [0.2, 0.25) is 18.1 Å². The lowest BCUT2D eigenvalue weighted by Gasteiger charge is -2.42. The molecule has 3 nitrogen and oxygen atoms in total. The number of hydrogen-bond acceptors (Lipinski definition) is 3. The van der Waals surface area contributed by atoms with Crippen molar-refractivity contribution in [3.8, 4) is 0 Å². The zero-order chi connectivity index (χ0) is 21.8. The molecule has 0 aromatic heterocycles. The van der Waals surface area contributed by atoms with Crippen molar-refractivity contribution in [2.24, 2.45) is 5.92 Å². The van der Waals surface area contributed by atoms with Crippen LogP contribution in [0.1, 0.15) is 60.3 Å². The first-order valence-corrected chi connectivity index (χ1v) is 13.6. The molecule has 0 aliphatic heterocycles. The largest absolute Gasteiger partial charge is 0.410 e. The molecule has 3 atom stereocenters. The average molecular weight is 411 g/mol. The SMILES string of the molecule is C=CCCCCCOC/C(C)=C\[C@@H](C)[C@H](O[Si](C)(C)C(C)(C)C)[C@H](C=C)OC. The fraction of sp³-hybridized carbons (Fsp3) is 0.750. The van der Waals surface area contributed by atoms with Gasteiger partial charge in [-0.3, -0.25) is 0 Å². The third kappa shape index (κ3) is 10.2. The Morgan fingerprint density at radius 2 is 1.75 bits per heavy atom. The Balaban J connectivity index is 4.89. The Morgan fingerprint density at radius 1 is 1.11 bits per heavy atom. The van der Waals surface area contributed by atoms with E-state index in [-0.39, 0.29) is 23.2 Å². The van der Waals surface area contributed by atoms with Crippen molar-refractivity contribution < 1.29 is 13.9 Å². The summed E-state index contributed by atoms with van der Waals surface area (Å²) in [5.74, 6) is 0.216. The normalized spacial score (nSPS) is 16.5. The average Bonchev–Trinajstić information content (AvgIpc) is 2.60. The molecule has 0 radical (unpaired) electrons. The minimum absolute atomic E-state index is 0.0442. The van der Waals surface area contributed by atoms with E-state index in [0.29, 0.717) is 6.61 Å². The topological polar surface area (TPSA) is 27.7 Å². The highest BCUT2D eigenvalue weighted by molar-refractivity contribution is 6.74. The highest BCUT2D eigenvalue weighted by Gasteiger charge is 2.41. The van der Waals surface area contributed by atoms with Crippen LogP contribution in [-0.2, 0) is 13.9 Å². The minimum atomic E-state index is -1.92. The van der Waals surface area contributed by atoms with E-state index >= 15 is 0 Å². The lowest BCUT2D eigenvalue weighted by atomic mass is 9.97. The highest BCUT2D eigenvalue weighted by Crippen LogP contribution is 2.39. The molecule has 0 rings (SSSR count). The molecule has 0 spiro atoms. The van der Waals surface area contributed by atoms with Crippen molar-refractivity contribution in [1.82, 2.24) is 0 Å². The van der Waals surface area contributed by atoms with E-state index in [1.807, 2.05) is 12.2 Å². The molecule has 0 amide bonds. The summed E-state index contributed by atoms with van der Waals surface area (Å²) in [7, 11) is -0.190.